The number of amides is 1. The van der Waals surface area contributed by atoms with E-state index in [1.807, 2.05) is 27.2 Å². The van der Waals surface area contributed by atoms with E-state index < -0.39 is 26.6 Å². The van der Waals surface area contributed by atoms with Crippen LogP contribution >= 0.6 is 7.82 Å². The molecule has 0 bridgehead atoms. The average Bonchev–Trinajstić information content (AvgIpc) is 3.40. The molecule has 2 N–H and O–H groups in total. The van der Waals surface area contributed by atoms with Crippen molar-refractivity contribution in [2.75, 3.05) is 40.9 Å². The van der Waals surface area contributed by atoms with E-state index in [1.54, 1.807) is 6.08 Å². The number of allylic oxidation sites excluding steroid dienone is 27. The molecule has 9 heteroatoms. The molecule has 0 aromatic carbocycles. The van der Waals surface area contributed by atoms with Gasteiger partial charge in [0.2, 0.25) is 5.91 Å². The molecule has 1 amide bonds. The molecule has 3 unspecified atom stereocenters. The van der Waals surface area contributed by atoms with E-state index in [2.05, 4.69) is 177 Å². The number of rotatable bonds is 53. The predicted octanol–water partition coefficient (Wildman–Crippen LogP) is 18.6. The fraction of sp³-hybridized carbons (Fsp3) is 0.580. The standard InChI is InChI=1S/C69H113N2O6P/c1-6-8-10-12-14-16-18-20-22-24-25-26-27-28-29-30-31-32-33-34-35-36-37-38-39-40-41-42-43-44-45-47-49-51-53-55-57-59-61-63-69(73)70-67(66-77-78(74,75)76-65-64-71(3,4)5)68(72)62-60-58-56-54-52-50-48-46-23-21-19-17-15-13-11-9-7-2/h8,10,14,16,20,22,25-26,28-29,31-32,34-35,37-38,40-41,43-44,47,49,52-55,60,62,67-68,72H,6-7,9,11-13,15,17-19,21,23-24,27,30,33,36,39,42,45-46,48,50-51,56-59,61,63-66H2,1-5H3,(H-,70,73,74,75)/b10-8-,16-14-,22-20-,26-25-,29-28-,32-31-,35-34-,38-37-,41-40-,44-43-,49-47-,54-52+,55-53-,62-60+. The molecule has 0 radical (unpaired) electrons. The highest BCUT2D eigenvalue weighted by Crippen LogP contribution is 2.38. The van der Waals surface area contributed by atoms with E-state index >= 15 is 0 Å². The third-order valence-corrected chi connectivity index (χ3v) is 13.4. The highest BCUT2D eigenvalue weighted by Gasteiger charge is 2.23. The molecule has 0 aliphatic rings. The zero-order valence-electron chi connectivity index (χ0n) is 50.0. The van der Waals surface area contributed by atoms with E-state index in [-0.39, 0.29) is 18.9 Å². The molecular formula is C69H113N2O6P. The molecule has 0 aliphatic heterocycles. The fourth-order valence-electron chi connectivity index (χ4n) is 7.68. The summed E-state index contributed by atoms with van der Waals surface area (Å²) in [6.45, 7) is 4.46. The molecule has 0 aromatic heterocycles. The third-order valence-electron chi connectivity index (χ3n) is 12.4. The van der Waals surface area contributed by atoms with Crippen LogP contribution in [0.15, 0.2) is 170 Å². The number of nitrogens with one attached hydrogen (secondary N) is 1. The second kappa shape index (κ2) is 57.5. The van der Waals surface area contributed by atoms with Gasteiger partial charge in [-0.05, 0) is 122 Å². The Morgan fingerprint density at radius 2 is 0.795 bits per heavy atom. The van der Waals surface area contributed by atoms with Gasteiger partial charge >= 0.3 is 0 Å². The summed E-state index contributed by atoms with van der Waals surface area (Å²) in [4.78, 5) is 25.5. The molecule has 0 fully saturated rings. The maximum atomic E-state index is 13.0. The number of carbonyl (C=O) groups is 1. The van der Waals surface area contributed by atoms with E-state index in [9.17, 15) is 19.4 Å². The molecule has 3 atom stereocenters. The highest BCUT2D eigenvalue weighted by molar-refractivity contribution is 7.45. The largest absolute Gasteiger partial charge is 0.756 e. The maximum absolute atomic E-state index is 13.0. The Balaban J connectivity index is 4.31. The van der Waals surface area contributed by atoms with E-state index in [0.717, 1.165) is 109 Å². The Bertz CT molecular complexity index is 1870. The van der Waals surface area contributed by atoms with Gasteiger partial charge in [0.25, 0.3) is 7.82 Å². The van der Waals surface area contributed by atoms with Crippen LogP contribution in [-0.2, 0) is 18.4 Å². The van der Waals surface area contributed by atoms with E-state index in [0.29, 0.717) is 17.4 Å². The van der Waals surface area contributed by atoms with Gasteiger partial charge in [-0.25, -0.2) is 0 Å². The van der Waals surface area contributed by atoms with Crippen molar-refractivity contribution in [3.8, 4) is 0 Å². The van der Waals surface area contributed by atoms with Crippen LogP contribution in [0, 0.1) is 0 Å². The second-order valence-electron chi connectivity index (χ2n) is 21.0. The van der Waals surface area contributed by atoms with Crippen LogP contribution in [0.4, 0.5) is 0 Å². The molecule has 0 saturated heterocycles. The Morgan fingerprint density at radius 1 is 0.462 bits per heavy atom. The van der Waals surface area contributed by atoms with Crippen LogP contribution in [0.2, 0.25) is 0 Å². The van der Waals surface area contributed by atoms with Gasteiger partial charge in [-0.15, -0.1) is 0 Å². The molecule has 0 spiro atoms. The van der Waals surface area contributed by atoms with Crippen LogP contribution in [0.1, 0.15) is 206 Å². The van der Waals surface area contributed by atoms with Gasteiger partial charge in [-0.1, -0.05) is 248 Å². The minimum Gasteiger partial charge on any atom is -0.756 e. The van der Waals surface area contributed by atoms with Crippen molar-refractivity contribution in [3.63, 3.8) is 0 Å². The number of nitrogens with zero attached hydrogens (tertiary/aromatic N) is 1. The lowest BCUT2D eigenvalue weighted by Crippen LogP contribution is -2.45. The zero-order chi connectivity index (χ0) is 57.0. The number of hydrogen-bond acceptors (Lipinski definition) is 6. The Morgan fingerprint density at radius 3 is 1.19 bits per heavy atom. The first-order chi connectivity index (χ1) is 38.0. The quantitative estimate of drug-likeness (QED) is 0.0272. The minimum atomic E-state index is -4.63. The molecule has 440 valence electrons. The van der Waals surface area contributed by atoms with Gasteiger partial charge in [-0.2, -0.15) is 0 Å². The molecular weight excluding hydrogens is 984 g/mol. The normalized spacial score (nSPS) is 15.0. The number of unbranched alkanes of at least 4 members (excludes halogenated alkanes) is 14. The Hall–Kier alpha value is -4.14. The topological polar surface area (TPSA) is 108 Å². The van der Waals surface area contributed by atoms with Crippen molar-refractivity contribution in [1.82, 2.24) is 5.32 Å². The van der Waals surface area contributed by atoms with Crippen molar-refractivity contribution >= 4 is 13.7 Å². The molecule has 0 saturated carbocycles. The molecule has 0 rings (SSSR count). The monoisotopic (exact) mass is 1100 g/mol. The number of aliphatic hydroxyl groups is 1. The van der Waals surface area contributed by atoms with Crippen molar-refractivity contribution in [1.29, 1.82) is 0 Å². The molecule has 0 aromatic rings. The second-order valence-corrected chi connectivity index (χ2v) is 22.4. The maximum Gasteiger partial charge on any atom is 0.268 e. The fourth-order valence-corrected chi connectivity index (χ4v) is 8.40. The molecule has 0 heterocycles. The summed E-state index contributed by atoms with van der Waals surface area (Å²) in [5.41, 5.74) is 0. The summed E-state index contributed by atoms with van der Waals surface area (Å²) in [6, 6.07) is -0.940. The van der Waals surface area contributed by atoms with Crippen LogP contribution in [-0.4, -0.2) is 68.5 Å². The first-order valence-electron chi connectivity index (χ1n) is 30.5. The van der Waals surface area contributed by atoms with Gasteiger partial charge in [0.05, 0.1) is 39.9 Å². The number of carbonyl (C=O) groups excluding carboxylic acids is 1. The number of likely N-dealkylation sites (N-methyl/N-ethyl adjacent to an activating group) is 1. The molecule has 78 heavy (non-hydrogen) atoms. The van der Waals surface area contributed by atoms with Gasteiger partial charge < -0.3 is 28.8 Å². The van der Waals surface area contributed by atoms with Crippen molar-refractivity contribution in [2.45, 2.75) is 219 Å². The number of phosphoric ester groups is 1. The molecule has 8 nitrogen and oxygen atoms in total. The first kappa shape index (κ1) is 73.9. The smallest absolute Gasteiger partial charge is 0.268 e. The van der Waals surface area contributed by atoms with Crippen molar-refractivity contribution in [2.24, 2.45) is 0 Å². The average molecular weight is 1100 g/mol. The Labute approximate surface area is 479 Å². The van der Waals surface area contributed by atoms with Crippen LogP contribution in [0.3, 0.4) is 0 Å². The van der Waals surface area contributed by atoms with E-state index in [4.69, 9.17) is 9.05 Å². The summed E-state index contributed by atoms with van der Waals surface area (Å²) in [7, 11) is 1.19. The number of aliphatic hydroxyl groups excluding tert-OH is 1. The molecule has 0 aliphatic carbocycles. The third kappa shape index (κ3) is 59.5. The minimum absolute atomic E-state index is 0.0244. The highest BCUT2D eigenvalue weighted by atomic mass is 31.2. The predicted molar refractivity (Wildman–Crippen MR) is 338 cm³/mol. The summed E-state index contributed by atoms with van der Waals surface area (Å²) in [5, 5.41) is 13.8. The summed E-state index contributed by atoms with van der Waals surface area (Å²) in [5.74, 6) is -0.257. The van der Waals surface area contributed by atoms with Gasteiger partial charge in [0, 0.05) is 6.42 Å². The lowest BCUT2D eigenvalue weighted by Gasteiger charge is -2.29. The summed E-state index contributed by atoms with van der Waals surface area (Å²) >= 11 is 0. The SMILES string of the molecule is CC/C=C\C/C=C\C/C=C\C/C=C\C/C=C\C/C=C\C/C=C\C/C=C\C/C=C\C/C=C\C/C=C\C/C=C\CCCCC(=O)NC(COP(=O)([O-])OCC[N+](C)(C)C)C(O)/C=C/CC/C=C/CCCCCCCCCCCCC. The van der Waals surface area contributed by atoms with Crippen molar-refractivity contribution in [3.05, 3.63) is 170 Å². The van der Waals surface area contributed by atoms with Crippen LogP contribution in [0.25, 0.3) is 0 Å². The number of hydrogen-bond donors (Lipinski definition) is 2. The summed E-state index contributed by atoms with van der Waals surface area (Å²) in [6.07, 6.45) is 91.6. The first-order valence-corrected chi connectivity index (χ1v) is 32.0. The van der Waals surface area contributed by atoms with Gasteiger partial charge in [0.15, 0.2) is 0 Å². The van der Waals surface area contributed by atoms with Gasteiger partial charge in [-0.3, -0.25) is 9.36 Å². The summed E-state index contributed by atoms with van der Waals surface area (Å²) < 4.78 is 23.3. The lowest BCUT2D eigenvalue weighted by atomic mass is 10.1. The number of quaternary nitrogens is 1. The Kier molecular flexibility index (Phi) is 54.5. The van der Waals surface area contributed by atoms with E-state index in [1.165, 1.54) is 70.6 Å². The van der Waals surface area contributed by atoms with Gasteiger partial charge in [0.1, 0.15) is 13.2 Å². The zero-order valence-corrected chi connectivity index (χ0v) is 50.9. The lowest BCUT2D eigenvalue weighted by molar-refractivity contribution is -0.870. The number of phosphoric acid groups is 1. The van der Waals surface area contributed by atoms with Crippen LogP contribution in [0.5, 0.6) is 0 Å². The van der Waals surface area contributed by atoms with Crippen molar-refractivity contribution < 1.29 is 32.9 Å². The van der Waals surface area contributed by atoms with Crippen LogP contribution < -0.4 is 10.2 Å².